The summed E-state index contributed by atoms with van der Waals surface area (Å²) in [7, 11) is 0. The van der Waals surface area contributed by atoms with Crippen LogP contribution in [0, 0.1) is 0 Å². The van der Waals surface area contributed by atoms with Crippen molar-refractivity contribution in [2.24, 2.45) is 0 Å². The van der Waals surface area contributed by atoms with Crippen molar-refractivity contribution in [1.29, 1.82) is 0 Å². The number of hydrogen-bond donors (Lipinski definition) is 3. The number of carbonyl (C=O) groups excluding carboxylic acids is 1. The van der Waals surface area contributed by atoms with Gasteiger partial charge in [-0.1, -0.05) is 19.1 Å². The fourth-order valence-corrected chi connectivity index (χ4v) is 1.88. The molecule has 4 N–H and O–H groups in total. The Hall–Kier alpha value is -1.59. The maximum absolute atomic E-state index is 11.8. The van der Waals surface area contributed by atoms with Crippen molar-refractivity contribution in [3.8, 4) is 0 Å². The second-order valence-corrected chi connectivity index (χ2v) is 4.45. The second-order valence-electron chi connectivity index (χ2n) is 4.45. The maximum atomic E-state index is 11.8. The van der Waals surface area contributed by atoms with Crippen molar-refractivity contribution in [3.63, 3.8) is 0 Å². The van der Waals surface area contributed by atoms with Gasteiger partial charge in [-0.05, 0) is 25.1 Å². The largest absolute Gasteiger partial charge is 0.397 e. The van der Waals surface area contributed by atoms with Gasteiger partial charge in [-0.15, -0.1) is 0 Å². The number of nitrogens with one attached hydrogen (secondary N) is 1. The molecule has 0 aliphatic carbocycles. The van der Waals surface area contributed by atoms with E-state index in [-0.39, 0.29) is 12.5 Å². The van der Waals surface area contributed by atoms with E-state index in [1.165, 1.54) is 0 Å². The van der Waals surface area contributed by atoms with Crippen LogP contribution < -0.4 is 11.1 Å². The lowest BCUT2D eigenvalue weighted by atomic mass is 10.2. The highest BCUT2D eigenvalue weighted by Gasteiger charge is 2.08. The first kappa shape index (κ1) is 15.5. The Balaban J connectivity index is 2.40. The predicted octanol–water partition coefficient (Wildman–Crippen LogP) is 1.30. The Labute approximate surface area is 114 Å². The number of aliphatic hydroxyl groups is 1. The number of nitrogen functional groups attached to an aromatic ring is 1. The number of hydrogen-bond acceptors (Lipinski definition) is 4. The number of nitrogens with zero attached hydrogens (tertiary/aromatic N) is 1. The number of carbonyl (C=O) groups is 1. The van der Waals surface area contributed by atoms with Crippen LogP contribution in [0.2, 0.25) is 0 Å². The minimum absolute atomic E-state index is 0.0584. The van der Waals surface area contributed by atoms with Gasteiger partial charge in [0.2, 0.25) is 5.91 Å². The van der Waals surface area contributed by atoms with Gasteiger partial charge in [0.1, 0.15) is 0 Å². The topological polar surface area (TPSA) is 78.6 Å². The van der Waals surface area contributed by atoms with Crippen molar-refractivity contribution in [2.75, 3.05) is 37.3 Å². The summed E-state index contributed by atoms with van der Waals surface area (Å²) in [6, 6.07) is 7.20. The van der Waals surface area contributed by atoms with Crippen molar-refractivity contribution in [2.45, 2.75) is 19.8 Å². The zero-order valence-electron chi connectivity index (χ0n) is 11.4. The normalized spacial score (nSPS) is 10.7. The first-order valence-corrected chi connectivity index (χ1v) is 6.65. The molecule has 1 amide bonds. The van der Waals surface area contributed by atoms with Crippen LogP contribution in [0.5, 0.6) is 0 Å². The van der Waals surface area contributed by atoms with E-state index in [0.29, 0.717) is 30.9 Å². The Kier molecular flexibility index (Phi) is 6.92. The van der Waals surface area contributed by atoms with Crippen LogP contribution in [-0.2, 0) is 4.79 Å². The van der Waals surface area contributed by atoms with Crippen molar-refractivity contribution in [1.82, 2.24) is 4.90 Å². The Morgan fingerprint density at radius 1 is 1.32 bits per heavy atom. The van der Waals surface area contributed by atoms with Crippen LogP contribution in [0.3, 0.4) is 0 Å². The zero-order valence-corrected chi connectivity index (χ0v) is 11.4. The fraction of sp³-hybridized carbons (Fsp3) is 0.500. The summed E-state index contributed by atoms with van der Waals surface area (Å²) >= 11 is 0. The SMILES string of the molecule is CCCN(CCO)CCC(=O)Nc1ccccc1N. The summed E-state index contributed by atoms with van der Waals surface area (Å²) in [4.78, 5) is 13.9. The van der Waals surface area contributed by atoms with Crippen molar-refractivity contribution < 1.29 is 9.90 Å². The molecule has 0 aliphatic heterocycles. The van der Waals surface area contributed by atoms with Gasteiger partial charge in [-0.25, -0.2) is 0 Å². The molecule has 5 heteroatoms. The molecular formula is C14H23N3O2. The van der Waals surface area contributed by atoms with Crippen LogP contribution in [0.25, 0.3) is 0 Å². The van der Waals surface area contributed by atoms with E-state index in [2.05, 4.69) is 17.1 Å². The van der Waals surface area contributed by atoms with E-state index in [4.69, 9.17) is 10.8 Å². The molecule has 0 radical (unpaired) electrons. The monoisotopic (exact) mass is 265 g/mol. The molecule has 0 saturated carbocycles. The molecule has 1 aromatic carbocycles. The van der Waals surface area contributed by atoms with Gasteiger partial charge < -0.3 is 21.1 Å². The van der Waals surface area contributed by atoms with E-state index in [1.807, 2.05) is 12.1 Å². The van der Waals surface area contributed by atoms with Crippen LogP contribution >= 0.6 is 0 Å². The van der Waals surface area contributed by atoms with Gasteiger partial charge in [-0.3, -0.25) is 4.79 Å². The first-order valence-electron chi connectivity index (χ1n) is 6.65. The Bertz CT molecular complexity index is 390. The van der Waals surface area contributed by atoms with Crippen LogP contribution in [-0.4, -0.2) is 42.2 Å². The summed E-state index contributed by atoms with van der Waals surface area (Å²) in [5.41, 5.74) is 6.98. The van der Waals surface area contributed by atoms with E-state index < -0.39 is 0 Å². The molecular weight excluding hydrogens is 242 g/mol. The first-order chi connectivity index (χ1) is 9.17. The number of aliphatic hydroxyl groups excluding tert-OH is 1. The summed E-state index contributed by atoms with van der Waals surface area (Å²) < 4.78 is 0. The molecule has 0 heterocycles. The van der Waals surface area contributed by atoms with Crippen LogP contribution in [0.4, 0.5) is 11.4 Å². The minimum Gasteiger partial charge on any atom is -0.397 e. The van der Waals surface area contributed by atoms with Crippen LogP contribution in [0.15, 0.2) is 24.3 Å². The third-order valence-corrected chi connectivity index (χ3v) is 2.85. The maximum Gasteiger partial charge on any atom is 0.225 e. The quantitative estimate of drug-likeness (QED) is 0.619. The van der Waals surface area contributed by atoms with Gasteiger partial charge in [-0.2, -0.15) is 0 Å². The molecule has 19 heavy (non-hydrogen) atoms. The number of para-hydroxylation sites is 2. The number of amides is 1. The number of rotatable bonds is 8. The number of nitrogens with two attached hydrogens (primary N) is 1. The third-order valence-electron chi connectivity index (χ3n) is 2.85. The molecule has 5 nitrogen and oxygen atoms in total. The predicted molar refractivity (Wildman–Crippen MR) is 77.9 cm³/mol. The van der Waals surface area contributed by atoms with Crippen molar-refractivity contribution in [3.05, 3.63) is 24.3 Å². The molecule has 0 aliphatic rings. The lowest BCUT2D eigenvalue weighted by molar-refractivity contribution is -0.116. The van der Waals surface area contributed by atoms with Gasteiger partial charge in [0.15, 0.2) is 0 Å². The van der Waals surface area contributed by atoms with E-state index in [9.17, 15) is 4.79 Å². The lowest BCUT2D eigenvalue weighted by Gasteiger charge is -2.20. The molecule has 0 atom stereocenters. The minimum atomic E-state index is -0.0584. The second kappa shape index (κ2) is 8.50. The molecule has 0 unspecified atom stereocenters. The lowest BCUT2D eigenvalue weighted by Crippen LogP contribution is -2.31. The molecule has 0 saturated heterocycles. The summed E-state index contributed by atoms with van der Waals surface area (Å²) in [6.45, 7) is 4.34. The summed E-state index contributed by atoms with van der Waals surface area (Å²) in [5.74, 6) is -0.0584. The average molecular weight is 265 g/mol. The molecule has 0 spiro atoms. The summed E-state index contributed by atoms with van der Waals surface area (Å²) in [6.07, 6.45) is 1.40. The van der Waals surface area contributed by atoms with Gasteiger partial charge >= 0.3 is 0 Å². The molecule has 106 valence electrons. The van der Waals surface area contributed by atoms with Crippen LogP contribution in [0.1, 0.15) is 19.8 Å². The van der Waals surface area contributed by atoms with E-state index >= 15 is 0 Å². The van der Waals surface area contributed by atoms with E-state index in [0.717, 1.165) is 13.0 Å². The smallest absolute Gasteiger partial charge is 0.225 e. The van der Waals surface area contributed by atoms with E-state index in [1.54, 1.807) is 12.1 Å². The number of benzene rings is 1. The highest BCUT2D eigenvalue weighted by molar-refractivity contribution is 5.93. The molecule has 1 rings (SSSR count). The summed E-state index contributed by atoms with van der Waals surface area (Å²) in [5, 5.41) is 11.7. The number of anilines is 2. The Morgan fingerprint density at radius 2 is 2.05 bits per heavy atom. The third kappa shape index (κ3) is 5.72. The molecule has 0 bridgehead atoms. The standard InChI is InChI=1S/C14H23N3O2/c1-2-8-17(10-11-18)9-7-14(19)16-13-6-4-3-5-12(13)15/h3-6,18H,2,7-11,15H2,1H3,(H,16,19). The highest BCUT2D eigenvalue weighted by atomic mass is 16.3. The fourth-order valence-electron chi connectivity index (χ4n) is 1.88. The van der Waals surface area contributed by atoms with Gasteiger partial charge in [0.25, 0.3) is 0 Å². The average Bonchev–Trinajstić information content (AvgIpc) is 2.39. The molecule has 0 aromatic heterocycles. The molecule has 0 fully saturated rings. The van der Waals surface area contributed by atoms with Crippen molar-refractivity contribution >= 4 is 17.3 Å². The molecule has 1 aromatic rings. The van der Waals surface area contributed by atoms with Gasteiger partial charge in [0, 0.05) is 19.5 Å². The Morgan fingerprint density at radius 3 is 2.68 bits per heavy atom. The highest BCUT2D eigenvalue weighted by Crippen LogP contribution is 2.16. The van der Waals surface area contributed by atoms with Gasteiger partial charge in [0.05, 0.1) is 18.0 Å². The zero-order chi connectivity index (χ0) is 14.1.